The molecule has 0 unspecified atom stereocenters. The van der Waals surface area contributed by atoms with Crippen LogP contribution in [0.1, 0.15) is 10.5 Å². The quantitative estimate of drug-likeness (QED) is 0.669. The number of H-pyrrole nitrogens is 1. The maximum absolute atomic E-state index is 11.1. The Hall–Kier alpha value is -2.75. The van der Waals surface area contributed by atoms with Crippen LogP contribution in [0.15, 0.2) is 54.6 Å². The van der Waals surface area contributed by atoms with Crippen molar-refractivity contribution in [2.24, 2.45) is 5.73 Å². The maximum Gasteiger partial charge on any atom is 0.265 e. The van der Waals surface area contributed by atoms with E-state index in [1.165, 1.54) is 0 Å². The molecule has 4 heteroatoms. The molecule has 1 amide bonds. The van der Waals surface area contributed by atoms with Gasteiger partial charge in [-0.2, -0.15) is 0 Å². The first kappa shape index (κ1) is 11.3. The van der Waals surface area contributed by atoms with Crippen molar-refractivity contribution in [1.29, 1.82) is 0 Å². The number of rotatable bonds is 3. The smallest absolute Gasteiger partial charge is 0.265 e. The second-order valence-corrected chi connectivity index (χ2v) is 4.34. The first-order chi connectivity index (χ1) is 9.22. The lowest BCUT2D eigenvalue weighted by Gasteiger charge is -2.05. The Balaban J connectivity index is 1.95. The van der Waals surface area contributed by atoms with Gasteiger partial charge in [0.2, 0.25) is 0 Å². The van der Waals surface area contributed by atoms with Crippen LogP contribution in [-0.2, 0) is 0 Å². The van der Waals surface area contributed by atoms with Crippen LogP contribution >= 0.6 is 0 Å². The molecule has 0 saturated heterocycles. The summed E-state index contributed by atoms with van der Waals surface area (Å²) < 4.78 is 0. The number of nitrogens with two attached hydrogens (primary N) is 1. The topological polar surface area (TPSA) is 70.9 Å². The van der Waals surface area contributed by atoms with Crippen LogP contribution in [0.25, 0.3) is 10.9 Å². The van der Waals surface area contributed by atoms with E-state index < -0.39 is 5.91 Å². The van der Waals surface area contributed by atoms with Gasteiger partial charge in [-0.1, -0.05) is 24.3 Å². The molecule has 0 radical (unpaired) electrons. The summed E-state index contributed by atoms with van der Waals surface area (Å²) in [5.74, 6) is -0.450. The zero-order valence-electron chi connectivity index (χ0n) is 10.2. The molecule has 0 saturated carbocycles. The largest absolute Gasteiger partial charge is 0.364 e. The zero-order valence-corrected chi connectivity index (χ0v) is 10.2. The van der Waals surface area contributed by atoms with Gasteiger partial charge in [-0.25, -0.2) is 0 Å². The average molecular weight is 251 g/mol. The number of nitrogens with one attached hydrogen (secondary N) is 2. The number of fused-ring (bicyclic) bond motifs is 1. The van der Waals surface area contributed by atoms with E-state index in [2.05, 4.69) is 10.3 Å². The lowest BCUT2D eigenvalue weighted by atomic mass is 10.2. The summed E-state index contributed by atoms with van der Waals surface area (Å²) in [5.41, 5.74) is 8.53. The summed E-state index contributed by atoms with van der Waals surface area (Å²) >= 11 is 0. The van der Waals surface area contributed by atoms with E-state index in [4.69, 9.17) is 5.73 Å². The molecule has 4 nitrogen and oxygen atoms in total. The summed E-state index contributed by atoms with van der Waals surface area (Å²) in [5, 5.41) is 4.26. The minimum Gasteiger partial charge on any atom is -0.364 e. The Bertz CT molecular complexity index is 731. The molecule has 2 aromatic carbocycles. The Morgan fingerprint density at radius 2 is 1.79 bits per heavy atom. The third-order valence-corrected chi connectivity index (χ3v) is 2.95. The van der Waals surface area contributed by atoms with Crippen molar-refractivity contribution in [2.75, 3.05) is 5.32 Å². The molecule has 19 heavy (non-hydrogen) atoms. The summed E-state index contributed by atoms with van der Waals surface area (Å²) in [6.45, 7) is 0. The summed E-state index contributed by atoms with van der Waals surface area (Å²) in [4.78, 5) is 14.1. The van der Waals surface area contributed by atoms with Crippen LogP contribution in [0.3, 0.4) is 0 Å². The molecule has 0 bridgehead atoms. The number of aromatic nitrogens is 1. The number of benzene rings is 2. The molecule has 1 heterocycles. The highest BCUT2D eigenvalue weighted by Gasteiger charge is 2.05. The van der Waals surface area contributed by atoms with Crippen LogP contribution in [0.5, 0.6) is 0 Å². The standard InChI is InChI=1S/C15H13N3O/c16-15(19)14-8-10-6-7-12(9-13(10)18-14)17-11-4-2-1-3-5-11/h1-9,17-18H,(H2,16,19). The summed E-state index contributed by atoms with van der Waals surface area (Å²) in [7, 11) is 0. The number of hydrogen-bond donors (Lipinski definition) is 3. The van der Waals surface area contributed by atoms with Crippen molar-refractivity contribution >= 4 is 28.2 Å². The molecule has 0 atom stereocenters. The van der Waals surface area contributed by atoms with E-state index in [0.717, 1.165) is 22.3 Å². The monoisotopic (exact) mass is 251 g/mol. The number of hydrogen-bond acceptors (Lipinski definition) is 2. The van der Waals surface area contributed by atoms with Gasteiger partial charge in [-0.15, -0.1) is 0 Å². The van der Waals surface area contributed by atoms with Crippen molar-refractivity contribution in [3.05, 3.63) is 60.3 Å². The minimum atomic E-state index is -0.450. The van der Waals surface area contributed by atoms with Crippen molar-refractivity contribution in [1.82, 2.24) is 4.98 Å². The van der Waals surface area contributed by atoms with Gasteiger partial charge in [0.05, 0.1) is 0 Å². The van der Waals surface area contributed by atoms with E-state index >= 15 is 0 Å². The van der Waals surface area contributed by atoms with E-state index in [1.54, 1.807) is 6.07 Å². The fourth-order valence-electron chi connectivity index (χ4n) is 2.03. The van der Waals surface area contributed by atoms with Gasteiger partial charge < -0.3 is 16.0 Å². The van der Waals surface area contributed by atoms with Crippen molar-refractivity contribution < 1.29 is 4.79 Å². The second-order valence-electron chi connectivity index (χ2n) is 4.34. The van der Waals surface area contributed by atoms with Crippen molar-refractivity contribution in [3.63, 3.8) is 0 Å². The molecular weight excluding hydrogens is 238 g/mol. The van der Waals surface area contributed by atoms with E-state index in [0.29, 0.717) is 5.69 Å². The third kappa shape index (κ3) is 2.28. The average Bonchev–Trinajstić information content (AvgIpc) is 2.83. The first-order valence-electron chi connectivity index (χ1n) is 5.97. The van der Waals surface area contributed by atoms with Gasteiger partial charge in [-0.3, -0.25) is 4.79 Å². The van der Waals surface area contributed by atoms with Crippen LogP contribution in [-0.4, -0.2) is 10.9 Å². The van der Waals surface area contributed by atoms with Gasteiger partial charge in [0, 0.05) is 22.3 Å². The zero-order chi connectivity index (χ0) is 13.2. The predicted molar refractivity (Wildman–Crippen MR) is 76.5 cm³/mol. The Labute approximate surface area is 110 Å². The fraction of sp³-hybridized carbons (Fsp3) is 0. The highest BCUT2D eigenvalue weighted by molar-refractivity contribution is 5.97. The third-order valence-electron chi connectivity index (χ3n) is 2.95. The second kappa shape index (κ2) is 4.49. The highest BCUT2D eigenvalue weighted by atomic mass is 16.1. The van der Waals surface area contributed by atoms with Crippen LogP contribution in [0.2, 0.25) is 0 Å². The first-order valence-corrected chi connectivity index (χ1v) is 5.97. The summed E-state index contributed by atoms with van der Waals surface area (Å²) in [6, 6.07) is 17.5. The van der Waals surface area contributed by atoms with Gasteiger partial charge in [0.25, 0.3) is 5.91 Å². The number of aromatic amines is 1. The minimum absolute atomic E-state index is 0.423. The van der Waals surface area contributed by atoms with E-state index in [-0.39, 0.29) is 0 Å². The number of primary amides is 1. The molecule has 0 aliphatic carbocycles. The number of amides is 1. The molecule has 3 aromatic rings. The lowest BCUT2D eigenvalue weighted by Crippen LogP contribution is -2.10. The number of anilines is 2. The molecule has 1 aromatic heterocycles. The highest BCUT2D eigenvalue weighted by Crippen LogP contribution is 2.22. The Morgan fingerprint density at radius 1 is 1.00 bits per heavy atom. The molecule has 3 rings (SSSR count). The number of para-hydroxylation sites is 1. The van der Waals surface area contributed by atoms with Crippen LogP contribution in [0, 0.1) is 0 Å². The molecule has 0 spiro atoms. The van der Waals surface area contributed by atoms with Crippen molar-refractivity contribution in [3.8, 4) is 0 Å². The molecule has 0 aliphatic rings. The molecular formula is C15H13N3O. The predicted octanol–water partition coefficient (Wildman–Crippen LogP) is 3.01. The summed E-state index contributed by atoms with van der Waals surface area (Å²) in [6.07, 6.45) is 0. The van der Waals surface area contributed by atoms with Crippen LogP contribution in [0.4, 0.5) is 11.4 Å². The Morgan fingerprint density at radius 3 is 2.53 bits per heavy atom. The normalized spacial score (nSPS) is 10.5. The van der Waals surface area contributed by atoms with Crippen molar-refractivity contribution in [2.45, 2.75) is 0 Å². The maximum atomic E-state index is 11.1. The fourth-order valence-corrected chi connectivity index (χ4v) is 2.03. The lowest BCUT2D eigenvalue weighted by molar-refractivity contribution is 0.0996. The molecule has 0 fully saturated rings. The SMILES string of the molecule is NC(=O)c1cc2ccc(Nc3ccccc3)cc2[nH]1. The van der Waals surface area contributed by atoms with Crippen LogP contribution < -0.4 is 11.1 Å². The van der Waals surface area contributed by atoms with Gasteiger partial charge in [0.15, 0.2) is 0 Å². The number of carbonyl (C=O) groups excluding carboxylic acids is 1. The number of carbonyl (C=O) groups is 1. The molecule has 0 aliphatic heterocycles. The van der Waals surface area contributed by atoms with Gasteiger partial charge in [-0.05, 0) is 30.3 Å². The molecule has 4 N–H and O–H groups in total. The van der Waals surface area contributed by atoms with Gasteiger partial charge in [0.1, 0.15) is 5.69 Å². The Kier molecular flexibility index (Phi) is 2.68. The van der Waals surface area contributed by atoms with E-state index in [9.17, 15) is 4.79 Å². The van der Waals surface area contributed by atoms with Gasteiger partial charge >= 0.3 is 0 Å². The van der Waals surface area contributed by atoms with E-state index in [1.807, 2.05) is 48.5 Å². The molecule has 94 valence electrons.